The molecule has 0 aromatic heterocycles. The molecule has 0 spiro atoms. The van der Waals surface area contributed by atoms with Crippen molar-refractivity contribution >= 4 is 15.7 Å². The summed E-state index contributed by atoms with van der Waals surface area (Å²) in [6, 6.07) is 7.66. The SMILES string of the molecule is CC(F)(c1ccc2c(c1)CC[C@H]1[C@H](C(=O)NC3CC(N)C3)CC[C@@]21S(=O)(=O)c1ccc(F)cc1)C(F)(F)F. The molecule has 0 heterocycles. The molecule has 4 atom stereocenters. The number of nitrogens with two attached hydrogens (primary N) is 1. The maximum absolute atomic E-state index is 14.8. The molecule has 2 saturated carbocycles. The molecule has 0 radical (unpaired) electrons. The van der Waals surface area contributed by atoms with Gasteiger partial charge in [-0.2, -0.15) is 13.2 Å². The van der Waals surface area contributed by atoms with Gasteiger partial charge in [-0.3, -0.25) is 4.79 Å². The van der Waals surface area contributed by atoms with E-state index in [1.54, 1.807) is 0 Å². The smallest absolute Gasteiger partial charge is 0.353 e. The number of amides is 1. The first kappa shape index (κ1) is 27.1. The van der Waals surface area contributed by atoms with Gasteiger partial charge >= 0.3 is 6.18 Å². The number of sulfone groups is 1. The summed E-state index contributed by atoms with van der Waals surface area (Å²) < 4.78 is 95.7. The number of fused-ring (bicyclic) bond motifs is 3. The number of aryl methyl sites for hydroxylation is 1. The molecule has 11 heteroatoms. The summed E-state index contributed by atoms with van der Waals surface area (Å²) >= 11 is 0. The number of hydrogen-bond donors (Lipinski definition) is 2. The van der Waals surface area contributed by atoms with Gasteiger partial charge in [-0.15, -0.1) is 0 Å². The summed E-state index contributed by atoms with van der Waals surface area (Å²) in [5.74, 6) is -2.19. The summed E-state index contributed by atoms with van der Waals surface area (Å²) in [4.78, 5) is 13.2. The summed E-state index contributed by atoms with van der Waals surface area (Å²) in [7, 11) is -4.25. The van der Waals surface area contributed by atoms with E-state index in [0.717, 1.165) is 36.4 Å². The number of hydrogen-bond acceptors (Lipinski definition) is 4. The normalized spacial score (nSPS) is 30.5. The highest BCUT2D eigenvalue weighted by atomic mass is 32.2. The summed E-state index contributed by atoms with van der Waals surface area (Å²) in [6.45, 7) is 0.438. The first-order chi connectivity index (χ1) is 17.7. The number of benzene rings is 2. The van der Waals surface area contributed by atoms with Crippen molar-refractivity contribution in [1.82, 2.24) is 5.32 Å². The summed E-state index contributed by atoms with van der Waals surface area (Å²) in [5.41, 5.74) is 2.19. The molecule has 0 saturated heterocycles. The van der Waals surface area contributed by atoms with E-state index in [1.807, 2.05) is 0 Å². The molecule has 38 heavy (non-hydrogen) atoms. The van der Waals surface area contributed by atoms with Gasteiger partial charge in [-0.25, -0.2) is 17.2 Å². The van der Waals surface area contributed by atoms with E-state index in [0.29, 0.717) is 25.3 Å². The van der Waals surface area contributed by atoms with Crippen molar-refractivity contribution in [2.75, 3.05) is 0 Å². The lowest BCUT2D eigenvalue weighted by atomic mass is 9.72. The Morgan fingerprint density at radius 3 is 2.32 bits per heavy atom. The standard InChI is InChI=1S/C27H29F5N2O3S/c1-25(29,27(30,31)32)16-3-9-22-15(12-16)2-8-23-21(24(35)34-19-13-18(33)14-19)10-11-26(22,23)38(36,37)20-6-4-17(28)5-7-20/h3-7,9,12,18-19,21,23H,2,8,10-11,13-14,33H2,1H3,(H,34,35)/t18?,19?,21-,23+,25?,26-/m1/s1. The van der Waals surface area contributed by atoms with Crippen molar-refractivity contribution in [3.05, 3.63) is 65.0 Å². The summed E-state index contributed by atoms with van der Waals surface area (Å²) in [6.07, 6.45) is -3.17. The van der Waals surface area contributed by atoms with Gasteiger partial charge in [0.05, 0.1) is 4.90 Å². The van der Waals surface area contributed by atoms with Gasteiger partial charge in [0.25, 0.3) is 0 Å². The Morgan fingerprint density at radius 2 is 1.71 bits per heavy atom. The number of carbonyl (C=O) groups excluding carboxylic acids is 1. The topological polar surface area (TPSA) is 89.3 Å². The van der Waals surface area contributed by atoms with Crippen LogP contribution in [0.4, 0.5) is 22.0 Å². The number of carbonyl (C=O) groups is 1. The number of alkyl halides is 4. The number of halogens is 5. The van der Waals surface area contributed by atoms with E-state index >= 15 is 0 Å². The van der Waals surface area contributed by atoms with E-state index in [9.17, 15) is 35.2 Å². The van der Waals surface area contributed by atoms with Crippen LogP contribution in [0.3, 0.4) is 0 Å². The van der Waals surface area contributed by atoms with Crippen LogP contribution in [0.15, 0.2) is 47.4 Å². The average molecular weight is 557 g/mol. The lowest BCUT2D eigenvalue weighted by Gasteiger charge is -2.43. The van der Waals surface area contributed by atoms with Crippen LogP contribution < -0.4 is 11.1 Å². The Bertz CT molecular complexity index is 1350. The molecule has 5 nitrogen and oxygen atoms in total. The Hall–Kier alpha value is -2.53. The van der Waals surface area contributed by atoms with Gasteiger partial charge < -0.3 is 11.1 Å². The Kier molecular flexibility index (Phi) is 6.41. The molecule has 2 aromatic rings. The zero-order valence-corrected chi connectivity index (χ0v) is 21.5. The molecule has 1 amide bonds. The molecule has 2 aromatic carbocycles. The average Bonchev–Trinajstić information content (AvgIpc) is 3.24. The van der Waals surface area contributed by atoms with Crippen LogP contribution >= 0.6 is 0 Å². The van der Waals surface area contributed by atoms with Crippen molar-refractivity contribution in [3.63, 3.8) is 0 Å². The van der Waals surface area contributed by atoms with Gasteiger partial charge in [0, 0.05) is 18.0 Å². The molecule has 0 aliphatic heterocycles. The first-order valence-corrected chi connectivity index (χ1v) is 14.1. The van der Waals surface area contributed by atoms with E-state index < -0.39 is 49.6 Å². The lowest BCUT2D eigenvalue weighted by Crippen LogP contribution is -2.53. The molecule has 206 valence electrons. The van der Waals surface area contributed by atoms with Gasteiger partial charge in [-0.1, -0.05) is 18.2 Å². The predicted molar refractivity (Wildman–Crippen MR) is 130 cm³/mol. The third-order valence-electron chi connectivity index (χ3n) is 8.73. The van der Waals surface area contributed by atoms with Crippen LogP contribution in [-0.4, -0.2) is 32.6 Å². The number of nitrogens with one attached hydrogen (secondary N) is 1. The van der Waals surface area contributed by atoms with Crippen molar-refractivity contribution < 1.29 is 35.2 Å². The highest BCUT2D eigenvalue weighted by Crippen LogP contribution is 2.59. The van der Waals surface area contributed by atoms with Crippen LogP contribution in [0.5, 0.6) is 0 Å². The Labute approximate surface area is 217 Å². The minimum absolute atomic E-state index is 0.00969. The Balaban J connectivity index is 1.61. The van der Waals surface area contributed by atoms with E-state index in [-0.39, 0.29) is 54.1 Å². The fourth-order valence-electron chi connectivity index (χ4n) is 6.53. The summed E-state index contributed by atoms with van der Waals surface area (Å²) in [5, 5.41) is 2.97. The second-order valence-corrected chi connectivity index (χ2v) is 13.2. The monoisotopic (exact) mass is 556 g/mol. The van der Waals surface area contributed by atoms with Crippen LogP contribution in [0.2, 0.25) is 0 Å². The quantitative estimate of drug-likeness (QED) is 0.408. The maximum atomic E-state index is 14.8. The number of rotatable bonds is 5. The molecule has 3 aliphatic carbocycles. The largest absolute Gasteiger partial charge is 0.426 e. The molecular formula is C27H29F5N2O3S. The van der Waals surface area contributed by atoms with Crippen LogP contribution in [0, 0.1) is 17.7 Å². The third-order valence-corrected chi connectivity index (χ3v) is 11.3. The van der Waals surface area contributed by atoms with E-state index in [4.69, 9.17) is 5.73 Å². The Morgan fingerprint density at radius 1 is 1.05 bits per heavy atom. The fourth-order valence-corrected chi connectivity index (χ4v) is 9.01. The van der Waals surface area contributed by atoms with Crippen LogP contribution in [-0.2, 0) is 31.5 Å². The third kappa shape index (κ3) is 4.04. The van der Waals surface area contributed by atoms with Crippen molar-refractivity contribution in [2.45, 2.75) is 79.0 Å². The van der Waals surface area contributed by atoms with Gasteiger partial charge in [0.2, 0.25) is 11.6 Å². The molecule has 1 unspecified atom stereocenters. The fraction of sp³-hybridized carbons (Fsp3) is 0.519. The maximum Gasteiger partial charge on any atom is 0.426 e. The van der Waals surface area contributed by atoms with Crippen molar-refractivity contribution in [3.8, 4) is 0 Å². The van der Waals surface area contributed by atoms with Gasteiger partial charge in [0.15, 0.2) is 9.84 Å². The predicted octanol–water partition coefficient (Wildman–Crippen LogP) is 4.82. The van der Waals surface area contributed by atoms with Gasteiger partial charge in [-0.05, 0) is 92.3 Å². The molecule has 2 fully saturated rings. The zero-order chi connectivity index (χ0) is 27.7. The van der Waals surface area contributed by atoms with Gasteiger partial charge in [0.1, 0.15) is 10.6 Å². The second-order valence-electron chi connectivity index (χ2n) is 10.9. The minimum Gasteiger partial charge on any atom is -0.353 e. The van der Waals surface area contributed by atoms with Crippen molar-refractivity contribution in [1.29, 1.82) is 0 Å². The molecule has 0 bridgehead atoms. The lowest BCUT2D eigenvalue weighted by molar-refractivity contribution is -0.228. The highest BCUT2D eigenvalue weighted by molar-refractivity contribution is 7.92. The molecule has 5 rings (SSSR count). The minimum atomic E-state index is -5.16. The molecular weight excluding hydrogens is 527 g/mol. The van der Waals surface area contributed by atoms with E-state index in [1.165, 1.54) is 6.07 Å². The van der Waals surface area contributed by atoms with Crippen LogP contribution in [0.25, 0.3) is 0 Å². The van der Waals surface area contributed by atoms with Crippen LogP contribution in [0.1, 0.15) is 55.7 Å². The first-order valence-electron chi connectivity index (χ1n) is 12.6. The second kappa shape index (κ2) is 9.01. The van der Waals surface area contributed by atoms with E-state index in [2.05, 4.69) is 5.32 Å². The molecule has 3 N–H and O–H groups in total. The van der Waals surface area contributed by atoms with Crippen molar-refractivity contribution in [2.24, 2.45) is 17.6 Å². The molecule has 3 aliphatic rings. The zero-order valence-electron chi connectivity index (χ0n) is 20.7. The highest BCUT2D eigenvalue weighted by Gasteiger charge is 2.62.